The number of rotatable bonds is 4. The highest BCUT2D eigenvalue weighted by Gasteiger charge is 2.59. The quantitative estimate of drug-likeness (QED) is 0.328. The van der Waals surface area contributed by atoms with Crippen molar-refractivity contribution in [3.8, 4) is 0 Å². The minimum Gasteiger partial charge on any atom is -0.302 e. The van der Waals surface area contributed by atoms with Crippen LogP contribution >= 0.6 is 0 Å². The van der Waals surface area contributed by atoms with Gasteiger partial charge >= 0.3 is 0 Å². The molecule has 2 fully saturated rings. The minimum absolute atomic E-state index is 0.0506. The Morgan fingerprint density at radius 1 is 1.24 bits per heavy atom. The van der Waals surface area contributed by atoms with Gasteiger partial charge in [-0.2, -0.15) is 0 Å². The maximum absolute atomic E-state index is 13.4. The van der Waals surface area contributed by atoms with E-state index in [4.69, 9.17) is 0 Å². The molecule has 2 aliphatic carbocycles. The number of carbonyl (C=O) groups excluding carboxylic acids is 2. The number of Topliss-reactive ketones (excluding diaryl/α,β-unsaturated/α-hetero) is 1. The topological polar surface area (TPSA) is 34.1 Å². The van der Waals surface area contributed by atoms with Gasteiger partial charge in [-0.1, -0.05) is 45.5 Å². The molecule has 0 aromatic rings. The van der Waals surface area contributed by atoms with Crippen molar-refractivity contribution in [2.45, 2.75) is 70.6 Å². The Labute approximate surface area is 130 Å². The molecule has 0 aliphatic heterocycles. The third-order valence-electron chi connectivity index (χ3n) is 6.18. The monoisotopic (exact) mass is 306 g/mol. The Balaban J connectivity index is 2.47. The standard InChI is InChI=1S/C18H30O2Si/c1-6-15(21(3,4)5)18(13-19)12-10-14-9-7-8-11-17(14,2)16(18)20/h6,13-15H,1,7-12H2,2-5H3/t14-,15-,17+,18-/m0/s1. The summed E-state index contributed by atoms with van der Waals surface area (Å²) in [4.78, 5) is 25.5. The number of aldehydes is 1. The van der Waals surface area contributed by atoms with Gasteiger partial charge < -0.3 is 4.79 Å². The second kappa shape index (κ2) is 5.49. The Morgan fingerprint density at radius 2 is 1.90 bits per heavy atom. The molecule has 0 amide bonds. The first-order valence-corrected chi connectivity index (χ1v) is 11.9. The number of allylic oxidation sites excluding steroid dienone is 1. The summed E-state index contributed by atoms with van der Waals surface area (Å²) >= 11 is 0. The number of hydrogen-bond donors (Lipinski definition) is 0. The highest BCUT2D eigenvalue weighted by molar-refractivity contribution is 6.78. The van der Waals surface area contributed by atoms with Gasteiger partial charge in [-0.25, -0.2) is 0 Å². The van der Waals surface area contributed by atoms with Gasteiger partial charge in [0, 0.05) is 5.41 Å². The molecule has 2 nitrogen and oxygen atoms in total. The van der Waals surface area contributed by atoms with Crippen molar-refractivity contribution < 1.29 is 9.59 Å². The van der Waals surface area contributed by atoms with E-state index in [1.54, 1.807) is 0 Å². The zero-order valence-corrected chi connectivity index (χ0v) is 15.1. The van der Waals surface area contributed by atoms with Crippen LogP contribution < -0.4 is 0 Å². The molecule has 0 N–H and O–H groups in total. The predicted octanol–water partition coefficient (Wildman–Crippen LogP) is 4.63. The van der Waals surface area contributed by atoms with E-state index in [-0.39, 0.29) is 16.7 Å². The van der Waals surface area contributed by atoms with Crippen molar-refractivity contribution in [3.63, 3.8) is 0 Å². The summed E-state index contributed by atoms with van der Waals surface area (Å²) in [6, 6.07) is 0. The molecule has 21 heavy (non-hydrogen) atoms. The average Bonchev–Trinajstić information content (AvgIpc) is 2.42. The summed E-state index contributed by atoms with van der Waals surface area (Å²) in [7, 11) is -1.67. The normalized spacial score (nSPS) is 38.5. The van der Waals surface area contributed by atoms with Crippen LogP contribution in [0.2, 0.25) is 25.2 Å². The number of ketones is 1. The van der Waals surface area contributed by atoms with Crippen LogP contribution in [-0.2, 0) is 9.59 Å². The minimum atomic E-state index is -1.67. The van der Waals surface area contributed by atoms with Gasteiger partial charge in [0.25, 0.3) is 0 Å². The molecule has 0 saturated heterocycles. The van der Waals surface area contributed by atoms with E-state index in [2.05, 4.69) is 33.1 Å². The molecule has 4 atom stereocenters. The van der Waals surface area contributed by atoms with Crippen LogP contribution in [0.25, 0.3) is 0 Å². The Bertz CT molecular complexity index is 451. The van der Waals surface area contributed by atoms with Crippen LogP contribution in [0.3, 0.4) is 0 Å². The SMILES string of the molecule is C=C[C@@H]([C@@]1(C=O)CC[C@@H]2CCCC[C@@]2(C)C1=O)[Si](C)(C)C. The third kappa shape index (κ3) is 2.48. The first-order chi connectivity index (χ1) is 9.72. The van der Waals surface area contributed by atoms with Gasteiger partial charge in [0.15, 0.2) is 5.78 Å². The lowest BCUT2D eigenvalue weighted by atomic mass is 9.52. The highest BCUT2D eigenvalue weighted by atomic mass is 28.3. The molecule has 0 aromatic heterocycles. The Morgan fingerprint density at radius 3 is 2.43 bits per heavy atom. The zero-order valence-electron chi connectivity index (χ0n) is 14.1. The van der Waals surface area contributed by atoms with Crippen LogP contribution in [0.15, 0.2) is 12.7 Å². The van der Waals surface area contributed by atoms with E-state index in [1.165, 1.54) is 6.42 Å². The molecule has 2 rings (SSSR count). The highest BCUT2D eigenvalue weighted by Crippen LogP contribution is 2.58. The van der Waals surface area contributed by atoms with Gasteiger partial charge in [0.2, 0.25) is 0 Å². The van der Waals surface area contributed by atoms with E-state index in [0.29, 0.717) is 5.92 Å². The van der Waals surface area contributed by atoms with Crippen LogP contribution in [-0.4, -0.2) is 20.1 Å². The maximum atomic E-state index is 13.4. The Hall–Kier alpha value is -0.703. The molecule has 0 radical (unpaired) electrons. The summed E-state index contributed by atoms with van der Waals surface area (Å²) in [6.45, 7) is 12.8. The van der Waals surface area contributed by atoms with Gasteiger partial charge in [0.1, 0.15) is 6.29 Å². The fourth-order valence-corrected chi connectivity index (χ4v) is 7.64. The molecule has 0 bridgehead atoms. The van der Waals surface area contributed by atoms with Crippen molar-refractivity contribution >= 4 is 20.1 Å². The average molecular weight is 307 g/mol. The summed E-state index contributed by atoms with van der Waals surface area (Å²) in [5, 5.41) is 0. The molecule has 0 aromatic carbocycles. The largest absolute Gasteiger partial charge is 0.302 e. The van der Waals surface area contributed by atoms with E-state index in [9.17, 15) is 9.59 Å². The summed E-state index contributed by atoms with van der Waals surface area (Å²) in [6.07, 6.45) is 9.14. The molecule has 3 heteroatoms. The summed E-state index contributed by atoms with van der Waals surface area (Å²) < 4.78 is 0. The Kier molecular flexibility index (Phi) is 4.36. The molecule has 0 heterocycles. The van der Waals surface area contributed by atoms with E-state index < -0.39 is 13.5 Å². The molecule has 0 unspecified atom stereocenters. The lowest BCUT2D eigenvalue weighted by Gasteiger charge is -2.53. The van der Waals surface area contributed by atoms with Gasteiger partial charge in [-0.05, 0) is 37.1 Å². The van der Waals surface area contributed by atoms with Crippen LogP contribution in [0, 0.1) is 16.7 Å². The second-order valence-corrected chi connectivity index (χ2v) is 13.8. The lowest BCUT2D eigenvalue weighted by molar-refractivity contribution is -0.153. The van der Waals surface area contributed by atoms with Crippen LogP contribution in [0.1, 0.15) is 45.4 Å². The maximum Gasteiger partial charge on any atom is 0.152 e. The van der Waals surface area contributed by atoms with E-state index >= 15 is 0 Å². The van der Waals surface area contributed by atoms with E-state index in [0.717, 1.165) is 38.4 Å². The first kappa shape index (κ1) is 16.7. The smallest absolute Gasteiger partial charge is 0.152 e. The van der Waals surface area contributed by atoms with Crippen LogP contribution in [0.4, 0.5) is 0 Å². The predicted molar refractivity (Wildman–Crippen MR) is 90.1 cm³/mol. The molecular formula is C18H30O2Si. The van der Waals surface area contributed by atoms with E-state index in [1.807, 2.05) is 6.08 Å². The van der Waals surface area contributed by atoms with Crippen molar-refractivity contribution in [1.29, 1.82) is 0 Å². The molecular weight excluding hydrogens is 276 g/mol. The van der Waals surface area contributed by atoms with Crippen molar-refractivity contribution in [2.24, 2.45) is 16.7 Å². The second-order valence-electron chi connectivity index (χ2n) is 8.47. The first-order valence-electron chi connectivity index (χ1n) is 8.36. The van der Waals surface area contributed by atoms with Crippen molar-refractivity contribution in [2.75, 3.05) is 0 Å². The number of fused-ring (bicyclic) bond motifs is 1. The molecule has 2 saturated carbocycles. The van der Waals surface area contributed by atoms with Gasteiger partial charge in [-0.15, -0.1) is 6.58 Å². The van der Waals surface area contributed by atoms with Crippen molar-refractivity contribution in [1.82, 2.24) is 0 Å². The third-order valence-corrected chi connectivity index (χ3v) is 8.80. The number of hydrogen-bond acceptors (Lipinski definition) is 2. The van der Waals surface area contributed by atoms with Gasteiger partial charge in [0.05, 0.1) is 13.5 Å². The van der Waals surface area contributed by atoms with Crippen LogP contribution in [0.5, 0.6) is 0 Å². The fourth-order valence-electron chi connectivity index (χ4n) is 5.04. The summed E-state index contributed by atoms with van der Waals surface area (Å²) in [5.41, 5.74) is -1.03. The van der Waals surface area contributed by atoms with Gasteiger partial charge in [-0.3, -0.25) is 4.79 Å². The molecule has 2 aliphatic rings. The van der Waals surface area contributed by atoms with Crippen molar-refractivity contribution in [3.05, 3.63) is 12.7 Å². The fraction of sp³-hybridized carbons (Fsp3) is 0.778. The molecule has 0 spiro atoms. The summed E-state index contributed by atoms with van der Waals surface area (Å²) in [5.74, 6) is 0.715. The molecule has 118 valence electrons. The lowest BCUT2D eigenvalue weighted by Crippen LogP contribution is -2.57. The zero-order chi connectivity index (χ0) is 15.9. The number of carbonyl (C=O) groups is 2.